The molecule has 2 N–H and O–H groups in total. The van der Waals surface area contributed by atoms with Crippen molar-refractivity contribution in [2.45, 2.75) is 13.5 Å². The predicted molar refractivity (Wildman–Crippen MR) is 90.7 cm³/mol. The number of amides is 1. The van der Waals surface area contributed by atoms with Crippen LogP contribution >= 0.6 is 0 Å². The number of benzene rings is 1. The molecule has 0 spiro atoms. The summed E-state index contributed by atoms with van der Waals surface area (Å²) in [5, 5.41) is 23.7. The topological polar surface area (TPSA) is 115 Å². The van der Waals surface area contributed by atoms with Crippen LogP contribution < -0.4 is 0 Å². The van der Waals surface area contributed by atoms with E-state index in [-0.39, 0.29) is 11.8 Å². The number of tetrazole rings is 1. The SMILES string of the molecule is CC(=O)N1C[C@H]2CN(Cc3ccc(-c4nn[nH]n4)cc3)C[C@@]2(C(=O)O)C1. The molecule has 2 atom stereocenters. The van der Waals surface area contributed by atoms with Gasteiger partial charge in [-0.3, -0.25) is 14.5 Å². The monoisotopic (exact) mass is 356 g/mol. The van der Waals surface area contributed by atoms with Crippen LogP contribution in [0.1, 0.15) is 12.5 Å². The summed E-state index contributed by atoms with van der Waals surface area (Å²) in [5.74, 6) is -0.339. The van der Waals surface area contributed by atoms with Crippen LogP contribution in [0.15, 0.2) is 24.3 Å². The van der Waals surface area contributed by atoms with E-state index in [1.807, 2.05) is 24.3 Å². The van der Waals surface area contributed by atoms with E-state index in [1.54, 1.807) is 4.90 Å². The minimum atomic E-state index is -0.851. The molecule has 2 fully saturated rings. The van der Waals surface area contributed by atoms with Crippen molar-refractivity contribution in [3.63, 3.8) is 0 Å². The first-order valence-electron chi connectivity index (χ1n) is 8.52. The maximum Gasteiger partial charge on any atom is 0.313 e. The summed E-state index contributed by atoms with van der Waals surface area (Å²) in [6.45, 7) is 4.15. The lowest BCUT2D eigenvalue weighted by molar-refractivity contribution is -0.149. The minimum Gasteiger partial charge on any atom is -0.481 e. The second-order valence-corrected chi connectivity index (χ2v) is 7.16. The number of nitrogens with one attached hydrogen (secondary N) is 1. The highest BCUT2D eigenvalue weighted by atomic mass is 16.4. The zero-order chi connectivity index (χ0) is 18.3. The van der Waals surface area contributed by atoms with Gasteiger partial charge in [-0.15, -0.1) is 10.2 Å². The molecule has 0 radical (unpaired) electrons. The number of aromatic amines is 1. The van der Waals surface area contributed by atoms with Crippen LogP contribution in [0.3, 0.4) is 0 Å². The Bertz CT molecular complexity index is 822. The predicted octanol–water partition coefficient (Wildman–Crippen LogP) is 0.232. The largest absolute Gasteiger partial charge is 0.481 e. The molecule has 3 heterocycles. The molecule has 9 nitrogen and oxygen atoms in total. The quantitative estimate of drug-likeness (QED) is 0.806. The molecule has 0 unspecified atom stereocenters. The number of H-pyrrole nitrogens is 1. The van der Waals surface area contributed by atoms with E-state index in [0.717, 1.165) is 11.1 Å². The maximum absolute atomic E-state index is 12.0. The smallest absolute Gasteiger partial charge is 0.313 e. The molecular weight excluding hydrogens is 336 g/mol. The van der Waals surface area contributed by atoms with Crippen molar-refractivity contribution >= 4 is 11.9 Å². The molecule has 1 aromatic heterocycles. The van der Waals surface area contributed by atoms with Crippen molar-refractivity contribution in [2.75, 3.05) is 26.2 Å². The number of likely N-dealkylation sites (tertiary alicyclic amines) is 2. The minimum absolute atomic E-state index is 0.0255. The Hall–Kier alpha value is -2.81. The van der Waals surface area contributed by atoms with Crippen molar-refractivity contribution < 1.29 is 14.7 Å². The molecule has 1 amide bonds. The Balaban J connectivity index is 1.46. The lowest BCUT2D eigenvalue weighted by Gasteiger charge is -2.25. The van der Waals surface area contributed by atoms with Crippen LogP contribution in [0.5, 0.6) is 0 Å². The number of aromatic nitrogens is 4. The average molecular weight is 356 g/mol. The summed E-state index contributed by atoms with van der Waals surface area (Å²) in [7, 11) is 0. The Morgan fingerprint density at radius 3 is 2.62 bits per heavy atom. The van der Waals surface area contributed by atoms with E-state index < -0.39 is 11.4 Å². The molecule has 1 aromatic carbocycles. The lowest BCUT2D eigenvalue weighted by atomic mass is 9.81. The Kier molecular flexibility index (Phi) is 3.95. The molecule has 0 bridgehead atoms. The van der Waals surface area contributed by atoms with Gasteiger partial charge in [0.2, 0.25) is 11.7 Å². The van der Waals surface area contributed by atoms with Crippen molar-refractivity contribution in [2.24, 2.45) is 11.3 Å². The molecular formula is C17H20N6O3. The number of carboxylic acids is 1. The molecule has 2 saturated heterocycles. The van der Waals surface area contributed by atoms with E-state index in [4.69, 9.17) is 0 Å². The number of aliphatic carboxylic acids is 1. The number of rotatable bonds is 4. The van der Waals surface area contributed by atoms with Crippen LogP contribution in [0.4, 0.5) is 0 Å². The zero-order valence-electron chi connectivity index (χ0n) is 14.4. The van der Waals surface area contributed by atoms with E-state index in [1.165, 1.54) is 6.92 Å². The first-order chi connectivity index (χ1) is 12.5. The standard InChI is InChI=1S/C17H20N6O3/c1-11(24)23-8-14-7-22(9-17(14,10-23)16(25)26)6-12-2-4-13(5-3-12)15-18-20-21-19-15/h2-5,14H,6-10H2,1H3,(H,25,26)(H,18,19,20,21)/t14-,17-/m1/s1. The van der Waals surface area contributed by atoms with Gasteiger partial charge in [-0.2, -0.15) is 5.21 Å². The molecule has 0 aliphatic carbocycles. The molecule has 9 heteroatoms. The van der Waals surface area contributed by atoms with Crippen molar-refractivity contribution in [1.82, 2.24) is 30.4 Å². The summed E-state index contributed by atoms with van der Waals surface area (Å²) in [6.07, 6.45) is 0. The maximum atomic E-state index is 12.0. The van der Waals surface area contributed by atoms with Crippen molar-refractivity contribution in [1.29, 1.82) is 0 Å². The van der Waals surface area contributed by atoms with Gasteiger partial charge >= 0.3 is 5.97 Å². The third-order valence-electron chi connectivity index (χ3n) is 5.51. The number of fused-ring (bicyclic) bond motifs is 1. The number of carbonyl (C=O) groups is 2. The first-order valence-corrected chi connectivity index (χ1v) is 8.52. The first kappa shape index (κ1) is 16.6. The highest BCUT2D eigenvalue weighted by Crippen LogP contribution is 2.43. The summed E-state index contributed by atoms with van der Waals surface area (Å²) in [6, 6.07) is 7.85. The normalized spacial score (nSPS) is 25.4. The molecule has 2 aromatic rings. The molecule has 26 heavy (non-hydrogen) atoms. The fraction of sp³-hybridized carbons (Fsp3) is 0.471. The van der Waals surface area contributed by atoms with E-state index in [9.17, 15) is 14.7 Å². The van der Waals surface area contributed by atoms with Crippen LogP contribution in [0, 0.1) is 11.3 Å². The highest BCUT2D eigenvalue weighted by molar-refractivity contribution is 5.80. The van der Waals surface area contributed by atoms with Crippen LogP contribution in [0.25, 0.3) is 11.4 Å². The van der Waals surface area contributed by atoms with Gasteiger partial charge in [-0.25, -0.2) is 0 Å². The number of carbonyl (C=O) groups excluding carboxylic acids is 1. The van der Waals surface area contributed by atoms with Gasteiger partial charge in [-0.05, 0) is 10.8 Å². The Labute approximate surface area is 150 Å². The number of carboxylic acid groups (broad SMARTS) is 1. The third kappa shape index (κ3) is 2.74. The van der Waals surface area contributed by atoms with Gasteiger partial charge in [-0.1, -0.05) is 24.3 Å². The van der Waals surface area contributed by atoms with Gasteiger partial charge < -0.3 is 10.0 Å². The van der Waals surface area contributed by atoms with E-state index >= 15 is 0 Å². The number of nitrogens with zero attached hydrogens (tertiary/aromatic N) is 5. The zero-order valence-corrected chi connectivity index (χ0v) is 14.4. The Morgan fingerprint density at radius 2 is 2.04 bits per heavy atom. The van der Waals surface area contributed by atoms with E-state index in [2.05, 4.69) is 25.5 Å². The van der Waals surface area contributed by atoms with Crippen LogP contribution in [0.2, 0.25) is 0 Å². The molecule has 0 saturated carbocycles. The second-order valence-electron chi connectivity index (χ2n) is 7.16. The van der Waals surface area contributed by atoms with E-state index in [0.29, 0.717) is 38.5 Å². The van der Waals surface area contributed by atoms with Gasteiger partial charge in [0.05, 0.1) is 0 Å². The third-order valence-corrected chi connectivity index (χ3v) is 5.51. The molecule has 2 aliphatic rings. The summed E-state index contributed by atoms with van der Waals surface area (Å²) in [4.78, 5) is 27.4. The van der Waals surface area contributed by atoms with Crippen LogP contribution in [-0.4, -0.2) is 73.6 Å². The Morgan fingerprint density at radius 1 is 1.27 bits per heavy atom. The van der Waals surface area contributed by atoms with Crippen molar-refractivity contribution in [3.05, 3.63) is 29.8 Å². The average Bonchev–Trinajstić information content (AvgIpc) is 3.29. The number of hydrogen-bond acceptors (Lipinski definition) is 6. The summed E-state index contributed by atoms with van der Waals surface area (Å²) < 4.78 is 0. The van der Waals surface area contributed by atoms with Gasteiger partial charge in [0.25, 0.3) is 0 Å². The second kappa shape index (κ2) is 6.17. The van der Waals surface area contributed by atoms with Crippen molar-refractivity contribution in [3.8, 4) is 11.4 Å². The molecule has 136 valence electrons. The van der Waals surface area contributed by atoms with Gasteiger partial charge in [0, 0.05) is 51.1 Å². The molecule has 4 rings (SSSR count). The lowest BCUT2D eigenvalue weighted by Crippen LogP contribution is -2.41. The highest BCUT2D eigenvalue weighted by Gasteiger charge is 2.57. The molecule has 2 aliphatic heterocycles. The van der Waals surface area contributed by atoms with Gasteiger partial charge in [0.15, 0.2) is 0 Å². The summed E-state index contributed by atoms with van der Waals surface area (Å²) >= 11 is 0. The summed E-state index contributed by atoms with van der Waals surface area (Å²) in [5.41, 5.74) is 1.12. The van der Waals surface area contributed by atoms with Gasteiger partial charge in [0.1, 0.15) is 5.41 Å². The van der Waals surface area contributed by atoms with Crippen LogP contribution in [-0.2, 0) is 16.1 Å². The number of hydrogen-bond donors (Lipinski definition) is 2. The fourth-order valence-corrected chi connectivity index (χ4v) is 4.13. The fourth-order valence-electron chi connectivity index (χ4n) is 4.13.